The Bertz CT molecular complexity index is 567. The van der Waals surface area contributed by atoms with Crippen molar-refractivity contribution in [3.8, 4) is 5.75 Å². The molecule has 6 heteroatoms. The summed E-state index contributed by atoms with van der Waals surface area (Å²) in [7, 11) is -1.42. The minimum atomic E-state index is -2.85. The monoisotopic (exact) mass is 285 g/mol. The normalized spacial score (nSPS) is 17.3. The number of amides is 1. The highest BCUT2D eigenvalue weighted by Crippen LogP contribution is 2.20. The van der Waals surface area contributed by atoms with Crippen LogP contribution in [0.2, 0.25) is 0 Å². The Morgan fingerprint density at radius 2 is 1.95 bits per heavy atom. The van der Waals surface area contributed by atoms with E-state index in [1.54, 1.807) is 13.8 Å². The fourth-order valence-corrected chi connectivity index (χ4v) is 2.65. The highest BCUT2D eigenvalue weighted by atomic mass is 32.2. The summed E-state index contributed by atoms with van der Waals surface area (Å²) in [5.74, 6) is -0.473. The lowest BCUT2D eigenvalue weighted by molar-refractivity contribution is -0.137. The second-order valence-corrected chi connectivity index (χ2v) is 6.74. The summed E-state index contributed by atoms with van der Waals surface area (Å²) < 4.78 is 21.4. The van der Waals surface area contributed by atoms with E-state index in [4.69, 9.17) is 4.74 Å². The first-order valence-electron chi connectivity index (χ1n) is 5.86. The van der Waals surface area contributed by atoms with E-state index < -0.39 is 21.2 Å². The molecule has 2 atom stereocenters. The molecule has 0 saturated heterocycles. The molecule has 0 heterocycles. The molecular formula is C13H19NO4S. The molecule has 106 valence electrons. The van der Waals surface area contributed by atoms with Crippen LogP contribution >= 0.6 is 0 Å². The van der Waals surface area contributed by atoms with Crippen molar-refractivity contribution >= 4 is 15.6 Å². The highest BCUT2D eigenvalue weighted by Gasteiger charge is 2.31. The lowest BCUT2D eigenvalue weighted by Crippen LogP contribution is -2.36. The van der Waals surface area contributed by atoms with Crippen molar-refractivity contribution in [1.82, 2.24) is 0 Å². The topological polar surface area (TPSA) is 76.0 Å². The van der Waals surface area contributed by atoms with Crippen LogP contribution in [0.25, 0.3) is 0 Å². The van der Waals surface area contributed by atoms with Gasteiger partial charge >= 0.3 is 0 Å². The van der Waals surface area contributed by atoms with Crippen molar-refractivity contribution in [3.63, 3.8) is 0 Å². The van der Waals surface area contributed by atoms with E-state index in [1.165, 1.54) is 37.6 Å². The zero-order chi connectivity index (χ0) is 14.7. The van der Waals surface area contributed by atoms with Crippen LogP contribution in [-0.2, 0) is 19.3 Å². The van der Waals surface area contributed by atoms with Crippen LogP contribution in [0.4, 0.5) is 0 Å². The predicted molar refractivity (Wildman–Crippen MR) is 73.6 cm³/mol. The standard InChI is InChI=1S/C13H19NO4S/c1-5-13(2,18-3)12(16)14-19(4,17)11-8-6-10(15)7-9-11/h6-9,15H,5H2,1-4H3. The minimum Gasteiger partial charge on any atom is -0.508 e. The molecule has 0 aliphatic heterocycles. The van der Waals surface area contributed by atoms with Gasteiger partial charge in [0.2, 0.25) is 0 Å². The van der Waals surface area contributed by atoms with Crippen molar-refractivity contribution in [2.75, 3.05) is 13.4 Å². The number of hydrogen-bond donors (Lipinski definition) is 1. The minimum absolute atomic E-state index is 0.0700. The van der Waals surface area contributed by atoms with E-state index in [-0.39, 0.29) is 5.75 Å². The van der Waals surface area contributed by atoms with E-state index >= 15 is 0 Å². The first kappa shape index (κ1) is 15.7. The van der Waals surface area contributed by atoms with Crippen LogP contribution in [0, 0.1) is 0 Å². The summed E-state index contributed by atoms with van der Waals surface area (Å²) in [5.41, 5.74) is -1.06. The number of aromatic hydroxyl groups is 1. The van der Waals surface area contributed by atoms with Crippen LogP contribution < -0.4 is 0 Å². The molecule has 0 aromatic heterocycles. The van der Waals surface area contributed by atoms with E-state index in [0.29, 0.717) is 11.3 Å². The molecule has 0 bridgehead atoms. The molecule has 0 aliphatic carbocycles. The van der Waals surface area contributed by atoms with Crippen LogP contribution in [0.3, 0.4) is 0 Å². The molecule has 0 saturated carbocycles. The van der Waals surface area contributed by atoms with Crippen LogP contribution in [-0.4, -0.2) is 34.2 Å². The number of carbonyl (C=O) groups is 1. The number of rotatable bonds is 4. The van der Waals surface area contributed by atoms with E-state index in [1.807, 2.05) is 0 Å². The van der Waals surface area contributed by atoms with E-state index in [9.17, 15) is 14.1 Å². The highest BCUT2D eigenvalue weighted by molar-refractivity contribution is 7.93. The first-order chi connectivity index (χ1) is 8.75. The Kier molecular flexibility index (Phi) is 4.70. The van der Waals surface area contributed by atoms with Crippen molar-refractivity contribution in [3.05, 3.63) is 24.3 Å². The summed E-state index contributed by atoms with van der Waals surface area (Å²) >= 11 is 0. The number of hydrogen-bond acceptors (Lipinski definition) is 4. The molecule has 2 unspecified atom stereocenters. The van der Waals surface area contributed by atoms with Crippen molar-refractivity contribution in [2.24, 2.45) is 4.36 Å². The molecule has 1 amide bonds. The van der Waals surface area contributed by atoms with Gasteiger partial charge in [0.05, 0.1) is 9.73 Å². The molecule has 5 nitrogen and oxygen atoms in total. The fourth-order valence-electron chi connectivity index (χ4n) is 1.39. The van der Waals surface area contributed by atoms with E-state index in [0.717, 1.165) is 0 Å². The average molecular weight is 285 g/mol. The number of phenols is 1. The number of methoxy groups -OCH3 is 1. The zero-order valence-corrected chi connectivity index (χ0v) is 12.4. The molecule has 0 radical (unpaired) electrons. The van der Waals surface area contributed by atoms with Gasteiger partial charge in [0, 0.05) is 18.3 Å². The molecule has 1 aromatic carbocycles. The van der Waals surface area contributed by atoms with Gasteiger partial charge in [-0.2, -0.15) is 4.36 Å². The SMILES string of the molecule is CCC(C)(OC)C(=O)N=S(C)(=O)c1ccc(O)cc1. The van der Waals surface area contributed by atoms with Gasteiger partial charge in [0.1, 0.15) is 11.4 Å². The third-order valence-electron chi connectivity index (χ3n) is 3.11. The van der Waals surface area contributed by atoms with Crippen molar-refractivity contribution < 1.29 is 18.8 Å². The maximum atomic E-state index is 12.5. The van der Waals surface area contributed by atoms with Crippen LogP contribution in [0.1, 0.15) is 20.3 Å². The maximum absolute atomic E-state index is 12.5. The quantitative estimate of drug-likeness (QED) is 0.920. The molecule has 1 aromatic rings. The van der Waals surface area contributed by atoms with Gasteiger partial charge in [0.15, 0.2) is 0 Å². The smallest absolute Gasteiger partial charge is 0.285 e. The van der Waals surface area contributed by atoms with Gasteiger partial charge in [-0.15, -0.1) is 0 Å². The molecule has 19 heavy (non-hydrogen) atoms. The molecular weight excluding hydrogens is 266 g/mol. The van der Waals surface area contributed by atoms with Gasteiger partial charge in [-0.1, -0.05) is 6.92 Å². The van der Waals surface area contributed by atoms with Crippen molar-refractivity contribution in [2.45, 2.75) is 30.8 Å². The number of benzene rings is 1. The van der Waals surface area contributed by atoms with Gasteiger partial charge in [0.25, 0.3) is 5.91 Å². The Balaban J connectivity index is 3.19. The summed E-state index contributed by atoms with van der Waals surface area (Å²) in [6.45, 7) is 3.42. The number of nitrogens with zero attached hydrogens (tertiary/aromatic N) is 1. The Hall–Kier alpha value is -1.40. The van der Waals surface area contributed by atoms with Crippen LogP contribution in [0.15, 0.2) is 33.5 Å². The molecule has 0 fully saturated rings. The fraction of sp³-hybridized carbons (Fsp3) is 0.462. The second-order valence-electron chi connectivity index (χ2n) is 4.48. The third-order valence-corrected chi connectivity index (χ3v) is 4.77. The van der Waals surface area contributed by atoms with Crippen molar-refractivity contribution in [1.29, 1.82) is 0 Å². The lowest BCUT2D eigenvalue weighted by Gasteiger charge is -2.22. The number of carbonyl (C=O) groups excluding carboxylic acids is 1. The third kappa shape index (κ3) is 3.54. The summed E-state index contributed by atoms with van der Waals surface area (Å²) in [6.07, 6.45) is 1.83. The predicted octanol–water partition coefficient (Wildman–Crippen LogP) is 2.19. The summed E-state index contributed by atoms with van der Waals surface area (Å²) in [5, 5.41) is 9.20. The van der Waals surface area contributed by atoms with Gasteiger partial charge in [-0.05, 0) is 37.6 Å². The molecule has 0 spiro atoms. The summed E-state index contributed by atoms with van der Waals surface area (Å²) in [4.78, 5) is 12.5. The lowest BCUT2D eigenvalue weighted by atomic mass is 10.0. The number of phenolic OH excluding ortho intramolecular Hbond substituents is 1. The van der Waals surface area contributed by atoms with Crippen LogP contribution in [0.5, 0.6) is 5.75 Å². The van der Waals surface area contributed by atoms with Gasteiger partial charge in [-0.3, -0.25) is 4.79 Å². The Morgan fingerprint density at radius 3 is 2.37 bits per heavy atom. The summed E-state index contributed by atoms with van der Waals surface area (Å²) in [6, 6.07) is 5.80. The second kappa shape index (κ2) is 5.71. The zero-order valence-electron chi connectivity index (χ0n) is 11.5. The van der Waals surface area contributed by atoms with Gasteiger partial charge in [-0.25, -0.2) is 4.21 Å². The number of ether oxygens (including phenoxy) is 1. The largest absolute Gasteiger partial charge is 0.508 e. The Morgan fingerprint density at radius 1 is 1.42 bits per heavy atom. The molecule has 1 N–H and O–H groups in total. The first-order valence-corrected chi connectivity index (χ1v) is 7.78. The average Bonchev–Trinajstić information content (AvgIpc) is 2.37. The Labute approximate surface area is 113 Å². The van der Waals surface area contributed by atoms with E-state index in [2.05, 4.69) is 4.36 Å². The molecule has 1 rings (SSSR count). The maximum Gasteiger partial charge on any atom is 0.285 e. The molecule has 0 aliphatic rings. The van der Waals surface area contributed by atoms with Gasteiger partial charge < -0.3 is 9.84 Å².